The van der Waals surface area contributed by atoms with Crippen LogP contribution in [0.25, 0.3) is 0 Å². The van der Waals surface area contributed by atoms with E-state index in [1.807, 2.05) is 0 Å². The van der Waals surface area contributed by atoms with Gasteiger partial charge in [-0.15, -0.1) is 0 Å². The molecule has 11 nitrogen and oxygen atoms in total. The van der Waals surface area contributed by atoms with Crippen molar-refractivity contribution in [2.45, 2.75) is 67.1 Å². The standard InChI is InChI=1S/C20H28ClFO11/c21-9-2-1-3-10(22)8(9)4-5-31-19-20(30,17(28)14(26)12(6-23)33-19)18(29)16-15(27)13(25)11(24)7-32-16/h1-3,11-19,23-30H,4-7H2/t11-,12+,13+,14+,15-,16-,17-,18?,19-,20-/m0/s1. The molecule has 0 amide bonds. The lowest BCUT2D eigenvalue weighted by Gasteiger charge is -2.52. The minimum atomic E-state index is -2.84. The maximum absolute atomic E-state index is 14.0. The third-order valence-electron chi connectivity index (χ3n) is 6.04. The predicted octanol–water partition coefficient (Wildman–Crippen LogP) is -2.95. The minimum Gasteiger partial charge on any atom is -0.394 e. The van der Waals surface area contributed by atoms with Crippen molar-refractivity contribution in [1.82, 2.24) is 0 Å². The van der Waals surface area contributed by atoms with Gasteiger partial charge < -0.3 is 55.1 Å². The maximum Gasteiger partial charge on any atom is 0.192 e. The van der Waals surface area contributed by atoms with E-state index in [4.69, 9.17) is 25.8 Å². The molecule has 2 aliphatic rings. The summed E-state index contributed by atoms with van der Waals surface area (Å²) in [6, 6.07) is 4.05. The molecular formula is C20H28ClFO11. The lowest BCUT2D eigenvalue weighted by Crippen LogP contribution is -2.75. The van der Waals surface area contributed by atoms with Crippen LogP contribution in [0, 0.1) is 5.82 Å². The average molecular weight is 499 g/mol. The number of rotatable bonds is 7. The number of halogens is 2. The predicted molar refractivity (Wildman–Crippen MR) is 108 cm³/mol. The SMILES string of the molecule is OC[C@H]1O[C@H](OCCc2c(F)cccc2Cl)[C@@](O)(C(O)[C@H]2OC[C@H](O)[C@@H](O)[C@@H]2O)[C@@H](O)[C@@H]1O. The molecule has 1 aromatic carbocycles. The van der Waals surface area contributed by atoms with Crippen molar-refractivity contribution in [2.75, 3.05) is 19.8 Å². The third kappa shape index (κ3) is 5.03. The van der Waals surface area contributed by atoms with Crippen LogP contribution in [0.1, 0.15) is 5.56 Å². The van der Waals surface area contributed by atoms with Crippen LogP contribution >= 0.6 is 11.6 Å². The molecule has 0 radical (unpaired) electrons. The fraction of sp³-hybridized carbons (Fsp3) is 0.700. The molecule has 2 aliphatic heterocycles. The summed E-state index contributed by atoms with van der Waals surface area (Å²) < 4.78 is 30.0. The molecule has 2 fully saturated rings. The maximum atomic E-state index is 14.0. The van der Waals surface area contributed by atoms with Crippen LogP contribution in [-0.4, -0.2) is 121 Å². The number of benzene rings is 1. The molecule has 33 heavy (non-hydrogen) atoms. The minimum absolute atomic E-state index is 0.0986. The molecule has 0 spiro atoms. The summed E-state index contributed by atoms with van der Waals surface area (Å²) in [6.45, 7) is -1.63. The van der Waals surface area contributed by atoms with E-state index in [0.717, 1.165) is 0 Å². The Labute approximate surface area is 193 Å². The molecule has 0 aromatic heterocycles. The van der Waals surface area contributed by atoms with E-state index in [-0.39, 0.29) is 23.6 Å². The smallest absolute Gasteiger partial charge is 0.192 e. The second-order valence-corrected chi connectivity index (χ2v) is 8.53. The Bertz CT molecular complexity index is 783. The van der Waals surface area contributed by atoms with Crippen LogP contribution in [0.5, 0.6) is 0 Å². The number of hydrogen-bond acceptors (Lipinski definition) is 11. The van der Waals surface area contributed by atoms with E-state index in [0.29, 0.717) is 0 Å². The Kier molecular flexibility index (Phi) is 8.65. The highest BCUT2D eigenvalue weighted by atomic mass is 35.5. The van der Waals surface area contributed by atoms with Gasteiger partial charge >= 0.3 is 0 Å². The van der Waals surface area contributed by atoms with Crippen LogP contribution in [0.4, 0.5) is 4.39 Å². The summed E-state index contributed by atoms with van der Waals surface area (Å²) in [4.78, 5) is 0. The first-order valence-corrected chi connectivity index (χ1v) is 10.6. The zero-order valence-electron chi connectivity index (χ0n) is 17.3. The summed E-state index contributed by atoms with van der Waals surface area (Å²) in [5, 5.41) is 82.3. The molecule has 0 saturated carbocycles. The Morgan fingerprint density at radius 3 is 2.48 bits per heavy atom. The van der Waals surface area contributed by atoms with Gasteiger partial charge in [-0.05, 0) is 12.1 Å². The summed E-state index contributed by atoms with van der Waals surface area (Å²) in [5.41, 5.74) is -2.74. The molecule has 8 N–H and O–H groups in total. The lowest BCUT2D eigenvalue weighted by molar-refractivity contribution is -0.373. The van der Waals surface area contributed by atoms with Gasteiger partial charge in [0.15, 0.2) is 11.9 Å². The van der Waals surface area contributed by atoms with Gasteiger partial charge in [0.05, 0.1) is 19.8 Å². The van der Waals surface area contributed by atoms with Crippen LogP contribution in [0.2, 0.25) is 5.02 Å². The number of hydrogen-bond donors (Lipinski definition) is 8. The highest BCUT2D eigenvalue weighted by Gasteiger charge is 2.62. The topological polar surface area (TPSA) is 190 Å². The van der Waals surface area contributed by atoms with Crippen molar-refractivity contribution in [3.63, 3.8) is 0 Å². The Hall–Kier alpha value is -1.00. The van der Waals surface area contributed by atoms with Crippen LogP contribution in [0.3, 0.4) is 0 Å². The molecule has 188 valence electrons. The fourth-order valence-corrected chi connectivity index (χ4v) is 4.27. The Morgan fingerprint density at radius 2 is 1.85 bits per heavy atom. The highest BCUT2D eigenvalue weighted by molar-refractivity contribution is 6.31. The number of ether oxygens (including phenoxy) is 3. The number of aliphatic hydroxyl groups excluding tert-OH is 7. The Balaban J connectivity index is 1.83. The molecular weight excluding hydrogens is 471 g/mol. The van der Waals surface area contributed by atoms with Gasteiger partial charge in [0.1, 0.15) is 54.6 Å². The first-order valence-electron chi connectivity index (χ1n) is 10.3. The first kappa shape index (κ1) is 26.6. The molecule has 1 aromatic rings. The van der Waals surface area contributed by atoms with Crippen LogP contribution in [0.15, 0.2) is 18.2 Å². The van der Waals surface area contributed by atoms with Crippen molar-refractivity contribution in [3.05, 3.63) is 34.6 Å². The molecule has 3 rings (SSSR count). The molecule has 13 heteroatoms. The lowest BCUT2D eigenvalue weighted by atomic mass is 9.77. The summed E-state index contributed by atoms with van der Waals surface area (Å²) in [7, 11) is 0. The Morgan fingerprint density at radius 1 is 1.15 bits per heavy atom. The molecule has 2 saturated heterocycles. The second kappa shape index (κ2) is 10.7. The summed E-state index contributed by atoms with van der Waals surface area (Å²) in [6.07, 6.45) is -16.5. The molecule has 10 atom stereocenters. The van der Waals surface area contributed by atoms with Crippen molar-refractivity contribution in [1.29, 1.82) is 0 Å². The van der Waals surface area contributed by atoms with Gasteiger partial charge in [0.2, 0.25) is 0 Å². The molecule has 0 bridgehead atoms. The van der Waals surface area contributed by atoms with Gasteiger partial charge in [-0.2, -0.15) is 0 Å². The average Bonchev–Trinajstić information content (AvgIpc) is 2.79. The van der Waals surface area contributed by atoms with E-state index in [2.05, 4.69) is 0 Å². The van der Waals surface area contributed by atoms with E-state index >= 15 is 0 Å². The molecule has 1 unspecified atom stereocenters. The van der Waals surface area contributed by atoms with Crippen molar-refractivity contribution in [3.8, 4) is 0 Å². The zero-order valence-corrected chi connectivity index (χ0v) is 18.1. The van der Waals surface area contributed by atoms with Crippen LogP contribution < -0.4 is 0 Å². The quantitative estimate of drug-likeness (QED) is 0.192. The summed E-state index contributed by atoms with van der Waals surface area (Å²) in [5.74, 6) is -0.610. The normalized spacial score (nSPS) is 40.5. The van der Waals surface area contributed by atoms with E-state index in [9.17, 15) is 45.2 Å². The number of aliphatic hydroxyl groups is 8. The van der Waals surface area contributed by atoms with E-state index in [1.54, 1.807) is 0 Å². The van der Waals surface area contributed by atoms with Gasteiger partial charge in [0, 0.05) is 17.0 Å². The monoisotopic (exact) mass is 498 g/mol. The first-order chi connectivity index (χ1) is 15.5. The summed E-state index contributed by atoms with van der Waals surface area (Å²) >= 11 is 5.98. The van der Waals surface area contributed by atoms with Crippen molar-refractivity contribution >= 4 is 11.6 Å². The van der Waals surface area contributed by atoms with Crippen LogP contribution in [-0.2, 0) is 20.6 Å². The third-order valence-corrected chi connectivity index (χ3v) is 6.40. The van der Waals surface area contributed by atoms with Gasteiger partial charge in [-0.25, -0.2) is 4.39 Å². The van der Waals surface area contributed by atoms with Gasteiger partial charge in [0.25, 0.3) is 0 Å². The van der Waals surface area contributed by atoms with Crippen molar-refractivity contribution < 1.29 is 59.5 Å². The van der Waals surface area contributed by atoms with Gasteiger partial charge in [-0.3, -0.25) is 0 Å². The van der Waals surface area contributed by atoms with Crippen molar-refractivity contribution in [2.24, 2.45) is 0 Å². The second-order valence-electron chi connectivity index (χ2n) is 8.12. The largest absolute Gasteiger partial charge is 0.394 e. The van der Waals surface area contributed by atoms with E-state index in [1.165, 1.54) is 18.2 Å². The molecule has 2 heterocycles. The zero-order chi connectivity index (χ0) is 24.5. The highest BCUT2D eigenvalue weighted by Crippen LogP contribution is 2.37. The van der Waals surface area contributed by atoms with Gasteiger partial charge in [-0.1, -0.05) is 17.7 Å². The van der Waals surface area contributed by atoms with E-state index < -0.39 is 79.8 Å². The molecule has 0 aliphatic carbocycles. The fourth-order valence-electron chi connectivity index (χ4n) is 4.01.